The summed E-state index contributed by atoms with van der Waals surface area (Å²) in [6, 6.07) is 4.88. The second-order valence-corrected chi connectivity index (χ2v) is 5.01. The van der Waals surface area contributed by atoms with Gasteiger partial charge in [0.25, 0.3) is 0 Å². The topological polar surface area (TPSA) is 112 Å². The van der Waals surface area contributed by atoms with Gasteiger partial charge < -0.3 is 25.8 Å². The van der Waals surface area contributed by atoms with E-state index in [2.05, 4.69) is 5.32 Å². The van der Waals surface area contributed by atoms with Gasteiger partial charge in [-0.2, -0.15) is 0 Å². The van der Waals surface area contributed by atoms with Crippen LogP contribution in [0.15, 0.2) is 24.3 Å². The summed E-state index contributed by atoms with van der Waals surface area (Å²) in [4.78, 5) is 13.6. The summed E-state index contributed by atoms with van der Waals surface area (Å²) in [6.07, 6.45) is 4.40. The number of phenols is 1. The minimum atomic E-state index is -0.270. The molecular weight excluding hydrogens is 284 g/mol. The summed E-state index contributed by atoms with van der Waals surface area (Å²) < 4.78 is 4.96. The Hall–Kier alpha value is -2.70. The van der Waals surface area contributed by atoms with E-state index in [4.69, 9.17) is 15.9 Å². The van der Waals surface area contributed by atoms with Crippen LogP contribution in [-0.2, 0) is 4.79 Å². The maximum absolute atomic E-state index is 11.9. The molecule has 0 aromatic heterocycles. The number of nitrogens with zero attached hydrogens (tertiary/aromatic N) is 1. The van der Waals surface area contributed by atoms with Crippen LogP contribution in [0.1, 0.15) is 18.4 Å². The lowest BCUT2D eigenvalue weighted by atomic mass is 10.2. The fourth-order valence-corrected chi connectivity index (χ4v) is 2.40. The number of aromatic hydroxyl groups is 1. The van der Waals surface area contributed by atoms with Crippen LogP contribution >= 0.6 is 0 Å². The van der Waals surface area contributed by atoms with Crippen LogP contribution in [0.3, 0.4) is 0 Å². The van der Waals surface area contributed by atoms with Crippen molar-refractivity contribution >= 4 is 17.9 Å². The Kier molecular flexibility index (Phi) is 4.88. The number of amides is 1. The smallest absolute Gasteiger partial charge is 0.245 e. The summed E-state index contributed by atoms with van der Waals surface area (Å²) >= 11 is 0. The molecule has 2 rings (SSSR count). The van der Waals surface area contributed by atoms with Crippen LogP contribution < -0.4 is 15.8 Å². The molecular formula is C15H20N4O3. The monoisotopic (exact) mass is 304 g/mol. The van der Waals surface area contributed by atoms with Gasteiger partial charge in [-0.05, 0) is 36.6 Å². The zero-order valence-electron chi connectivity index (χ0n) is 12.4. The molecule has 1 amide bonds. The second-order valence-electron chi connectivity index (χ2n) is 5.01. The number of guanidine groups is 1. The average molecular weight is 304 g/mol. The van der Waals surface area contributed by atoms with Crippen LogP contribution in [0.5, 0.6) is 11.5 Å². The molecule has 0 aliphatic carbocycles. The summed E-state index contributed by atoms with van der Waals surface area (Å²) in [5.74, 6) is 0.0913. The number of carbonyl (C=O) groups is 1. The molecule has 1 atom stereocenters. The van der Waals surface area contributed by atoms with Crippen LogP contribution in [0.4, 0.5) is 0 Å². The van der Waals surface area contributed by atoms with Crippen molar-refractivity contribution in [2.75, 3.05) is 13.7 Å². The first-order valence-corrected chi connectivity index (χ1v) is 6.97. The van der Waals surface area contributed by atoms with Crippen LogP contribution in [0.25, 0.3) is 6.08 Å². The van der Waals surface area contributed by atoms with Gasteiger partial charge >= 0.3 is 0 Å². The Morgan fingerprint density at radius 3 is 3.00 bits per heavy atom. The number of rotatable bonds is 4. The van der Waals surface area contributed by atoms with Gasteiger partial charge in [-0.25, -0.2) is 0 Å². The molecule has 0 spiro atoms. The summed E-state index contributed by atoms with van der Waals surface area (Å²) in [7, 11) is 1.47. The molecule has 7 nitrogen and oxygen atoms in total. The molecule has 1 fully saturated rings. The van der Waals surface area contributed by atoms with Crippen molar-refractivity contribution in [1.29, 1.82) is 5.41 Å². The van der Waals surface area contributed by atoms with Crippen molar-refractivity contribution in [2.24, 2.45) is 5.73 Å². The molecule has 22 heavy (non-hydrogen) atoms. The summed E-state index contributed by atoms with van der Waals surface area (Å²) in [6.45, 7) is 0.677. The van der Waals surface area contributed by atoms with Crippen LogP contribution in [0.2, 0.25) is 0 Å². The van der Waals surface area contributed by atoms with E-state index in [0.29, 0.717) is 17.9 Å². The van der Waals surface area contributed by atoms with Gasteiger partial charge in [-0.1, -0.05) is 6.07 Å². The molecule has 0 bridgehead atoms. The van der Waals surface area contributed by atoms with Gasteiger partial charge in [0.15, 0.2) is 17.5 Å². The van der Waals surface area contributed by atoms with Gasteiger partial charge in [-0.3, -0.25) is 10.2 Å². The molecule has 1 aromatic carbocycles. The van der Waals surface area contributed by atoms with E-state index in [9.17, 15) is 9.90 Å². The van der Waals surface area contributed by atoms with Gasteiger partial charge in [0.1, 0.15) is 6.17 Å². The van der Waals surface area contributed by atoms with Gasteiger partial charge in [-0.15, -0.1) is 0 Å². The number of carbonyl (C=O) groups excluding carboxylic acids is 1. The van der Waals surface area contributed by atoms with Gasteiger partial charge in [0, 0.05) is 12.6 Å². The third-order valence-corrected chi connectivity index (χ3v) is 3.50. The number of methoxy groups -OCH3 is 1. The van der Waals surface area contributed by atoms with Crippen molar-refractivity contribution in [3.05, 3.63) is 29.8 Å². The van der Waals surface area contributed by atoms with E-state index in [1.807, 2.05) is 0 Å². The van der Waals surface area contributed by atoms with Crippen molar-refractivity contribution in [3.63, 3.8) is 0 Å². The van der Waals surface area contributed by atoms with Crippen molar-refractivity contribution < 1.29 is 14.6 Å². The number of hydrogen-bond acceptors (Lipinski definition) is 4. The second kappa shape index (κ2) is 6.84. The molecule has 0 saturated carbocycles. The lowest BCUT2D eigenvalue weighted by molar-refractivity contribution is -0.117. The Labute approximate surface area is 128 Å². The van der Waals surface area contributed by atoms with Crippen LogP contribution in [-0.4, -0.2) is 41.7 Å². The Morgan fingerprint density at radius 2 is 2.36 bits per heavy atom. The van der Waals surface area contributed by atoms with Crippen molar-refractivity contribution in [3.8, 4) is 11.5 Å². The van der Waals surface area contributed by atoms with E-state index in [0.717, 1.165) is 12.8 Å². The van der Waals surface area contributed by atoms with E-state index < -0.39 is 0 Å². The first-order valence-electron chi connectivity index (χ1n) is 6.97. The molecule has 1 aliphatic rings. The van der Waals surface area contributed by atoms with E-state index in [-0.39, 0.29) is 23.8 Å². The van der Waals surface area contributed by atoms with E-state index in [1.165, 1.54) is 19.3 Å². The SMILES string of the molecule is COc1ccc(C=CC(=O)N[C@H]2CCCN2C(=N)N)cc1O. The first kappa shape index (κ1) is 15.7. The molecule has 0 unspecified atom stereocenters. The quantitative estimate of drug-likeness (QED) is 0.374. The number of ether oxygens (including phenoxy) is 1. The Morgan fingerprint density at radius 1 is 1.59 bits per heavy atom. The molecule has 5 N–H and O–H groups in total. The minimum Gasteiger partial charge on any atom is -0.504 e. The maximum atomic E-state index is 11.9. The first-order chi connectivity index (χ1) is 10.5. The molecule has 0 radical (unpaired) electrons. The highest BCUT2D eigenvalue weighted by atomic mass is 16.5. The third-order valence-electron chi connectivity index (χ3n) is 3.50. The molecule has 7 heteroatoms. The zero-order valence-corrected chi connectivity index (χ0v) is 12.4. The molecule has 118 valence electrons. The number of likely N-dealkylation sites (tertiary alicyclic amines) is 1. The highest BCUT2D eigenvalue weighted by molar-refractivity contribution is 5.92. The highest BCUT2D eigenvalue weighted by Gasteiger charge is 2.26. The van der Waals surface area contributed by atoms with E-state index >= 15 is 0 Å². The van der Waals surface area contributed by atoms with Crippen LogP contribution in [0, 0.1) is 5.41 Å². The van der Waals surface area contributed by atoms with E-state index in [1.54, 1.807) is 23.1 Å². The fraction of sp³-hybridized carbons (Fsp3) is 0.333. The van der Waals surface area contributed by atoms with Crippen molar-refractivity contribution in [2.45, 2.75) is 19.0 Å². The molecule has 1 aromatic rings. The van der Waals surface area contributed by atoms with Crippen molar-refractivity contribution in [1.82, 2.24) is 10.2 Å². The predicted octanol–water partition coefficient (Wildman–Crippen LogP) is 0.846. The highest BCUT2D eigenvalue weighted by Crippen LogP contribution is 2.26. The Bertz CT molecular complexity index is 600. The maximum Gasteiger partial charge on any atom is 0.245 e. The van der Waals surface area contributed by atoms with Gasteiger partial charge in [0.2, 0.25) is 5.91 Å². The number of nitrogens with one attached hydrogen (secondary N) is 2. The lowest BCUT2D eigenvalue weighted by Gasteiger charge is -2.24. The minimum absolute atomic E-state index is 0.0172. The number of phenolic OH excluding ortho intramolecular Hbond substituents is 1. The standard InChI is InChI=1S/C15H20N4O3/c1-22-12-6-4-10(9-11(12)20)5-7-14(21)18-13-3-2-8-19(13)15(16)17/h4-7,9,13,20H,2-3,8H2,1H3,(H3,16,17)(H,18,21)/t13-/m1/s1. The number of hydrogen-bond donors (Lipinski definition) is 4. The number of benzene rings is 1. The zero-order chi connectivity index (χ0) is 16.1. The largest absolute Gasteiger partial charge is 0.504 e. The predicted molar refractivity (Wildman–Crippen MR) is 83.5 cm³/mol. The Balaban J connectivity index is 1.96. The fourth-order valence-electron chi connectivity index (χ4n) is 2.40. The molecule has 1 aliphatic heterocycles. The normalized spacial score (nSPS) is 17.7. The third kappa shape index (κ3) is 3.69. The average Bonchev–Trinajstić information content (AvgIpc) is 2.93. The molecule has 1 heterocycles. The number of nitrogens with two attached hydrogens (primary N) is 1. The van der Waals surface area contributed by atoms with Gasteiger partial charge in [0.05, 0.1) is 7.11 Å². The molecule has 1 saturated heterocycles. The summed E-state index contributed by atoms with van der Waals surface area (Å²) in [5, 5.41) is 19.9. The summed E-state index contributed by atoms with van der Waals surface area (Å²) in [5.41, 5.74) is 6.16. The lowest BCUT2D eigenvalue weighted by Crippen LogP contribution is -2.48.